The molecule has 1 unspecified atom stereocenters. The minimum atomic E-state index is -4.98. The number of pyridine rings is 1. The van der Waals surface area contributed by atoms with E-state index in [4.69, 9.17) is 9.47 Å². The van der Waals surface area contributed by atoms with E-state index in [9.17, 15) is 27.6 Å². The second-order valence-corrected chi connectivity index (χ2v) is 10.2. The van der Waals surface area contributed by atoms with Gasteiger partial charge in [-0.1, -0.05) is 0 Å². The average molecular weight is 639 g/mol. The molecule has 0 radical (unpaired) electrons. The highest BCUT2D eigenvalue weighted by atomic mass is 19.4. The summed E-state index contributed by atoms with van der Waals surface area (Å²) in [7, 11) is 1.18. The molecule has 3 aromatic rings. The Kier molecular flexibility index (Phi) is 8.60. The number of anilines is 2. The van der Waals surface area contributed by atoms with Crippen LogP contribution in [0.3, 0.4) is 0 Å². The lowest BCUT2D eigenvalue weighted by Gasteiger charge is -2.30. The minimum absolute atomic E-state index is 0.00800. The van der Waals surface area contributed by atoms with Gasteiger partial charge in [-0.05, 0) is 43.3 Å². The normalized spacial score (nSPS) is 20.4. The zero-order valence-electron chi connectivity index (χ0n) is 23.5. The first kappa shape index (κ1) is 31.6. The lowest BCUT2D eigenvalue weighted by atomic mass is 9.92. The number of nitrogens with one attached hydrogen (secondary N) is 1. The van der Waals surface area contributed by atoms with Crippen molar-refractivity contribution in [2.45, 2.75) is 31.3 Å². The number of morpholine rings is 1. The first-order chi connectivity index (χ1) is 21.3. The fourth-order valence-electron chi connectivity index (χ4n) is 5.09. The van der Waals surface area contributed by atoms with E-state index in [-0.39, 0.29) is 36.4 Å². The molecule has 10 nitrogen and oxygen atoms in total. The summed E-state index contributed by atoms with van der Waals surface area (Å²) < 4.78 is 97.3. The Labute approximate surface area is 251 Å². The van der Waals surface area contributed by atoms with E-state index >= 15 is 13.2 Å². The van der Waals surface area contributed by atoms with Gasteiger partial charge in [0, 0.05) is 35.7 Å². The molecule has 0 aliphatic carbocycles. The summed E-state index contributed by atoms with van der Waals surface area (Å²) in [6, 6.07) is 5.96. The van der Waals surface area contributed by atoms with Gasteiger partial charge in [-0.25, -0.2) is 18.2 Å². The fraction of sp³-hybridized carbons (Fsp3) is 0.310. The summed E-state index contributed by atoms with van der Waals surface area (Å²) in [4.78, 5) is 45.6. The molecule has 3 amide bonds. The Morgan fingerprint density at radius 2 is 1.62 bits per heavy atom. The summed E-state index contributed by atoms with van der Waals surface area (Å²) in [5.74, 6) is -8.46. The first-order valence-electron chi connectivity index (χ1n) is 13.3. The number of halogens is 6. The van der Waals surface area contributed by atoms with Gasteiger partial charge < -0.3 is 19.5 Å². The first-order valence-corrected chi connectivity index (χ1v) is 13.3. The third kappa shape index (κ3) is 6.64. The van der Waals surface area contributed by atoms with E-state index in [1.54, 1.807) is 6.92 Å². The van der Waals surface area contributed by atoms with Crippen LogP contribution in [0.25, 0.3) is 0 Å². The number of amides is 3. The van der Waals surface area contributed by atoms with Gasteiger partial charge in [-0.2, -0.15) is 0 Å². The van der Waals surface area contributed by atoms with Crippen molar-refractivity contribution < 1.29 is 54.9 Å². The van der Waals surface area contributed by atoms with E-state index in [1.165, 1.54) is 18.1 Å². The summed E-state index contributed by atoms with van der Waals surface area (Å²) >= 11 is 0. The number of carbonyl (C=O) groups excluding carboxylic acids is 3. The summed E-state index contributed by atoms with van der Waals surface area (Å²) in [6.45, 7) is 0.985. The predicted octanol–water partition coefficient (Wildman–Crippen LogP) is 4.09. The van der Waals surface area contributed by atoms with Crippen LogP contribution in [0.1, 0.15) is 28.8 Å². The number of ether oxygens (including phenoxy) is 3. The van der Waals surface area contributed by atoms with E-state index < -0.39 is 77.2 Å². The quantitative estimate of drug-likeness (QED) is 0.389. The van der Waals surface area contributed by atoms with Crippen molar-refractivity contribution in [3.63, 3.8) is 0 Å². The van der Waals surface area contributed by atoms with Crippen molar-refractivity contribution in [3.8, 4) is 11.5 Å². The molecule has 16 heteroatoms. The molecule has 45 heavy (non-hydrogen) atoms. The molecule has 1 aromatic heterocycles. The van der Waals surface area contributed by atoms with Crippen LogP contribution in [0.2, 0.25) is 0 Å². The maximum absolute atomic E-state index is 15.3. The molecule has 3 heterocycles. The van der Waals surface area contributed by atoms with Crippen LogP contribution in [0.5, 0.6) is 11.5 Å². The highest BCUT2D eigenvalue weighted by molar-refractivity contribution is 6.05. The van der Waals surface area contributed by atoms with E-state index in [2.05, 4.69) is 15.0 Å². The molecule has 1 N–H and O–H groups in total. The van der Waals surface area contributed by atoms with Gasteiger partial charge in [0.15, 0.2) is 11.6 Å². The van der Waals surface area contributed by atoms with Crippen molar-refractivity contribution in [1.82, 2.24) is 10.3 Å². The topological polar surface area (TPSA) is 110 Å². The molecule has 2 aromatic carbocycles. The molecule has 3 atom stereocenters. The lowest BCUT2D eigenvalue weighted by Crippen LogP contribution is -2.46. The van der Waals surface area contributed by atoms with Crippen molar-refractivity contribution in [3.05, 3.63) is 77.1 Å². The smallest absolute Gasteiger partial charge is 0.497 e. The summed E-state index contributed by atoms with van der Waals surface area (Å²) in [6.07, 6.45) is -5.34. The van der Waals surface area contributed by atoms with Crippen LogP contribution in [0.15, 0.2) is 48.5 Å². The zero-order chi connectivity index (χ0) is 32.6. The maximum atomic E-state index is 15.3. The number of nitrogens with zero attached hydrogens (tertiary/aromatic N) is 3. The highest BCUT2D eigenvalue weighted by Crippen LogP contribution is 2.37. The fourth-order valence-corrected chi connectivity index (χ4v) is 5.09. The second kappa shape index (κ2) is 12.3. The average Bonchev–Trinajstić information content (AvgIpc) is 3.28. The minimum Gasteiger partial charge on any atom is -0.497 e. The van der Waals surface area contributed by atoms with Gasteiger partial charge in [0.25, 0.3) is 17.7 Å². The molecular formula is C29H24F6N4O6. The number of hydrogen-bond acceptors (Lipinski definition) is 7. The number of carbonyl (C=O) groups is 3. The van der Waals surface area contributed by atoms with Gasteiger partial charge in [0.05, 0.1) is 19.8 Å². The molecule has 2 fully saturated rings. The molecular weight excluding hydrogens is 614 g/mol. The van der Waals surface area contributed by atoms with Crippen LogP contribution in [0.4, 0.5) is 38.0 Å². The van der Waals surface area contributed by atoms with E-state index in [0.29, 0.717) is 0 Å². The van der Waals surface area contributed by atoms with E-state index in [1.807, 2.05) is 0 Å². The highest BCUT2D eigenvalue weighted by Gasteiger charge is 2.46. The van der Waals surface area contributed by atoms with Crippen molar-refractivity contribution >= 4 is 29.4 Å². The molecule has 2 aliphatic rings. The Morgan fingerprint density at radius 3 is 2.24 bits per heavy atom. The molecule has 0 spiro atoms. The van der Waals surface area contributed by atoms with Crippen molar-refractivity contribution in [2.24, 2.45) is 0 Å². The van der Waals surface area contributed by atoms with Gasteiger partial charge >= 0.3 is 6.36 Å². The number of methoxy groups -OCH3 is 1. The van der Waals surface area contributed by atoms with Crippen LogP contribution < -0.4 is 24.6 Å². The van der Waals surface area contributed by atoms with E-state index in [0.717, 1.165) is 47.4 Å². The maximum Gasteiger partial charge on any atom is 0.573 e. The third-order valence-electron chi connectivity index (χ3n) is 7.19. The van der Waals surface area contributed by atoms with Gasteiger partial charge in [-0.3, -0.25) is 24.2 Å². The molecule has 2 aliphatic heterocycles. The Hall–Kier alpha value is -4.86. The number of alkyl halides is 3. The largest absolute Gasteiger partial charge is 0.573 e. The van der Waals surface area contributed by atoms with Gasteiger partial charge in [0.1, 0.15) is 41.6 Å². The Bertz CT molecular complexity index is 1610. The van der Waals surface area contributed by atoms with Crippen LogP contribution >= 0.6 is 0 Å². The van der Waals surface area contributed by atoms with Crippen molar-refractivity contribution in [1.29, 1.82) is 0 Å². The number of hydrogen-bond donors (Lipinski definition) is 1. The van der Waals surface area contributed by atoms with Gasteiger partial charge in [0.2, 0.25) is 0 Å². The second-order valence-electron chi connectivity index (χ2n) is 10.2. The summed E-state index contributed by atoms with van der Waals surface area (Å²) in [5, 5.41) is 2.37. The Balaban J connectivity index is 1.50. The number of aromatic nitrogens is 1. The standard InChI is InChI=1S/C29H24F6N4O6/c1-14-11-38(23(40)13-44-14)22-8-7-19(30)26(36-22)39-12-18(24-20(31)9-17(43-2)10-21(24)32)25(28(39)42)37-27(41)15-3-5-16(6-4-15)45-29(33,34)35/h3-10,14,18,25H,11-13H2,1-2H3,(H,37,41)/t14?,18-,25-/m0/s1. The third-order valence-corrected chi connectivity index (χ3v) is 7.19. The SMILES string of the molecule is COc1cc(F)c([C@@H]2CN(c3nc(N4CC(C)OCC4=O)ccc3F)C(=O)[C@H]2NC(=O)c2ccc(OC(F)(F)F)cc2)c(F)c1. The molecule has 5 rings (SSSR count). The molecule has 2 saturated heterocycles. The van der Waals surface area contributed by atoms with Crippen molar-refractivity contribution in [2.75, 3.05) is 36.6 Å². The summed E-state index contributed by atoms with van der Waals surface area (Å²) in [5.41, 5.74) is -0.823. The number of rotatable bonds is 7. The molecule has 0 bridgehead atoms. The van der Waals surface area contributed by atoms with Crippen LogP contribution in [-0.4, -0.2) is 68.0 Å². The molecule has 0 saturated carbocycles. The zero-order valence-corrected chi connectivity index (χ0v) is 23.5. The van der Waals surface area contributed by atoms with Gasteiger partial charge in [-0.15, -0.1) is 13.2 Å². The monoisotopic (exact) mass is 638 g/mol. The van der Waals surface area contributed by atoms with Crippen LogP contribution in [-0.2, 0) is 14.3 Å². The molecule has 238 valence electrons. The Morgan fingerprint density at radius 1 is 0.956 bits per heavy atom. The lowest BCUT2D eigenvalue weighted by molar-refractivity contribution is -0.274. The van der Waals surface area contributed by atoms with Crippen LogP contribution in [0, 0.1) is 17.5 Å². The predicted molar refractivity (Wildman–Crippen MR) is 144 cm³/mol. The number of benzene rings is 2.